The third-order valence-corrected chi connectivity index (χ3v) is 4.49. The molecule has 112 valence electrons. The molecule has 0 saturated heterocycles. The van der Waals surface area contributed by atoms with E-state index in [-0.39, 0.29) is 6.04 Å². The van der Waals surface area contributed by atoms with Gasteiger partial charge in [-0.05, 0) is 49.8 Å². The largest absolute Gasteiger partial charge is 0.310 e. The van der Waals surface area contributed by atoms with Crippen molar-refractivity contribution >= 4 is 0 Å². The molecule has 1 aliphatic rings. The Kier molecular flexibility index (Phi) is 5.14. The third kappa shape index (κ3) is 3.38. The minimum Gasteiger partial charge on any atom is -0.310 e. The van der Waals surface area contributed by atoms with Crippen molar-refractivity contribution in [3.05, 3.63) is 34.9 Å². The van der Waals surface area contributed by atoms with Crippen molar-refractivity contribution in [1.82, 2.24) is 5.32 Å². The Morgan fingerprint density at radius 2 is 2.00 bits per heavy atom. The van der Waals surface area contributed by atoms with Gasteiger partial charge in [0.05, 0.1) is 0 Å². The van der Waals surface area contributed by atoms with E-state index in [9.17, 15) is 8.78 Å². The Morgan fingerprint density at radius 3 is 2.65 bits per heavy atom. The number of halogens is 2. The van der Waals surface area contributed by atoms with E-state index in [0.717, 1.165) is 25.5 Å². The maximum Gasteiger partial charge on any atom is 0.130 e. The third-order valence-electron chi connectivity index (χ3n) is 4.49. The number of aryl methyl sites for hydroxylation is 1. The quantitative estimate of drug-likeness (QED) is 0.839. The summed E-state index contributed by atoms with van der Waals surface area (Å²) in [5, 5.41) is 3.41. The summed E-state index contributed by atoms with van der Waals surface area (Å²) in [6.07, 6.45) is 4.71. The van der Waals surface area contributed by atoms with E-state index in [1.807, 2.05) is 6.92 Å². The standard InChI is InChI=1S/C17H25F2N/c1-4-20-17(13-7-5-6-11(2)8-13)14-9-12(3)15(18)10-16(14)19/h9-11,13,17,20H,4-8H2,1-3H3. The van der Waals surface area contributed by atoms with Gasteiger partial charge in [-0.2, -0.15) is 0 Å². The Morgan fingerprint density at radius 1 is 1.25 bits per heavy atom. The van der Waals surface area contributed by atoms with E-state index in [0.29, 0.717) is 23.0 Å². The fourth-order valence-corrected chi connectivity index (χ4v) is 3.45. The van der Waals surface area contributed by atoms with E-state index in [4.69, 9.17) is 0 Å². The summed E-state index contributed by atoms with van der Waals surface area (Å²) >= 11 is 0. The van der Waals surface area contributed by atoms with Crippen molar-refractivity contribution in [2.75, 3.05) is 6.54 Å². The average molecular weight is 281 g/mol. The van der Waals surface area contributed by atoms with Crippen molar-refractivity contribution in [3.63, 3.8) is 0 Å². The molecule has 3 unspecified atom stereocenters. The highest BCUT2D eigenvalue weighted by Gasteiger charge is 2.29. The lowest BCUT2D eigenvalue weighted by molar-refractivity contribution is 0.222. The molecule has 1 fully saturated rings. The first kappa shape index (κ1) is 15.4. The number of hydrogen-bond acceptors (Lipinski definition) is 1. The molecule has 1 N–H and O–H groups in total. The van der Waals surface area contributed by atoms with Crippen LogP contribution in [0, 0.1) is 30.4 Å². The van der Waals surface area contributed by atoms with E-state index in [2.05, 4.69) is 12.2 Å². The maximum absolute atomic E-state index is 14.2. The predicted octanol–water partition coefficient (Wildman–Crippen LogP) is 4.75. The lowest BCUT2D eigenvalue weighted by atomic mass is 9.76. The molecule has 1 saturated carbocycles. The number of nitrogens with one attached hydrogen (secondary N) is 1. The molecule has 1 aliphatic carbocycles. The van der Waals surface area contributed by atoms with Crippen LogP contribution in [0.4, 0.5) is 8.78 Å². The molecule has 0 amide bonds. The van der Waals surface area contributed by atoms with Gasteiger partial charge in [0.15, 0.2) is 0 Å². The van der Waals surface area contributed by atoms with E-state index in [1.165, 1.54) is 12.8 Å². The molecule has 1 nitrogen and oxygen atoms in total. The van der Waals surface area contributed by atoms with Crippen LogP contribution < -0.4 is 5.32 Å². The number of benzene rings is 1. The van der Waals surface area contributed by atoms with Gasteiger partial charge in [0, 0.05) is 17.7 Å². The van der Waals surface area contributed by atoms with E-state index in [1.54, 1.807) is 13.0 Å². The van der Waals surface area contributed by atoms with Gasteiger partial charge in [-0.15, -0.1) is 0 Å². The molecule has 3 heteroatoms. The zero-order valence-corrected chi connectivity index (χ0v) is 12.7. The van der Waals surface area contributed by atoms with Gasteiger partial charge >= 0.3 is 0 Å². The van der Waals surface area contributed by atoms with Crippen molar-refractivity contribution < 1.29 is 8.78 Å². The number of hydrogen-bond donors (Lipinski definition) is 1. The zero-order valence-electron chi connectivity index (χ0n) is 12.7. The van der Waals surface area contributed by atoms with Crippen LogP contribution in [-0.2, 0) is 0 Å². The zero-order chi connectivity index (χ0) is 14.7. The van der Waals surface area contributed by atoms with Crippen LogP contribution in [0.15, 0.2) is 12.1 Å². The van der Waals surface area contributed by atoms with Gasteiger partial charge in [-0.25, -0.2) is 8.78 Å². The smallest absolute Gasteiger partial charge is 0.130 e. The number of rotatable bonds is 4. The Labute approximate surface area is 120 Å². The van der Waals surface area contributed by atoms with Crippen molar-refractivity contribution in [2.24, 2.45) is 11.8 Å². The van der Waals surface area contributed by atoms with Gasteiger partial charge in [0.25, 0.3) is 0 Å². The molecule has 20 heavy (non-hydrogen) atoms. The Bertz CT molecular complexity index is 459. The average Bonchev–Trinajstić information content (AvgIpc) is 2.40. The molecule has 3 atom stereocenters. The minimum absolute atomic E-state index is 0.00190. The maximum atomic E-state index is 14.2. The monoisotopic (exact) mass is 281 g/mol. The SMILES string of the molecule is CCNC(c1cc(C)c(F)cc1F)C1CCCC(C)C1. The summed E-state index contributed by atoms with van der Waals surface area (Å²) < 4.78 is 27.6. The summed E-state index contributed by atoms with van der Waals surface area (Å²) in [7, 11) is 0. The molecule has 1 aromatic rings. The fraction of sp³-hybridized carbons (Fsp3) is 0.647. The highest BCUT2D eigenvalue weighted by atomic mass is 19.1. The summed E-state index contributed by atoms with van der Waals surface area (Å²) in [6.45, 7) is 6.80. The van der Waals surface area contributed by atoms with Gasteiger partial charge in [-0.3, -0.25) is 0 Å². The molecule has 0 bridgehead atoms. The van der Waals surface area contributed by atoms with Crippen LogP contribution in [0.2, 0.25) is 0 Å². The Hall–Kier alpha value is -0.960. The van der Waals surface area contributed by atoms with Gasteiger partial charge in [-0.1, -0.05) is 26.7 Å². The van der Waals surface area contributed by atoms with E-state index < -0.39 is 11.6 Å². The van der Waals surface area contributed by atoms with Crippen LogP contribution in [0.5, 0.6) is 0 Å². The molecule has 2 rings (SSSR count). The second-order valence-electron chi connectivity index (χ2n) is 6.19. The highest BCUT2D eigenvalue weighted by Crippen LogP contribution is 2.38. The van der Waals surface area contributed by atoms with Gasteiger partial charge in [0.2, 0.25) is 0 Å². The molecule has 0 spiro atoms. The van der Waals surface area contributed by atoms with Crippen molar-refractivity contribution in [3.8, 4) is 0 Å². The lowest BCUT2D eigenvalue weighted by Gasteiger charge is -2.34. The molecule has 0 aromatic heterocycles. The molecule has 0 radical (unpaired) electrons. The summed E-state index contributed by atoms with van der Waals surface area (Å²) in [5.41, 5.74) is 1.15. The summed E-state index contributed by atoms with van der Waals surface area (Å²) in [5.74, 6) is 0.258. The van der Waals surface area contributed by atoms with Crippen LogP contribution in [0.1, 0.15) is 56.7 Å². The predicted molar refractivity (Wildman–Crippen MR) is 78.6 cm³/mol. The van der Waals surface area contributed by atoms with Crippen molar-refractivity contribution in [2.45, 2.75) is 52.5 Å². The molecule has 0 aliphatic heterocycles. The Balaban J connectivity index is 2.30. The van der Waals surface area contributed by atoms with Crippen LogP contribution in [0.3, 0.4) is 0 Å². The second-order valence-corrected chi connectivity index (χ2v) is 6.19. The first-order valence-electron chi connectivity index (χ1n) is 7.71. The second kappa shape index (κ2) is 6.66. The summed E-state index contributed by atoms with van der Waals surface area (Å²) in [6, 6.07) is 2.71. The fourth-order valence-electron chi connectivity index (χ4n) is 3.45. The van der Waals surface area contributed by atoms with Crippen molar-refractivity contribution in [1.29, 1.82) is 0 Å². The first-order chi connectivity index (χ1) is 9.52. The normalized spacial score (nSPS) is 24.6. The summed E-state index contributed by atoms with van der Waals surface area (Å²) in [4.78, 5) is 0. The molecule has 1 aromatic carbocycles. The first-order valence-corrected chi connectivity index (χ1v) is 7.71. The lowest BCUT2D eigenvalue weighted by Crippen LogP contribution is -2.32. The van der Waals surface area contributed by atoms with E-state index >= 15 is 0 Å². The topological polar surface area (TPSA) is 12.0 Å². The minimum atomic E-state index is -0.460. The van der Waals surface area contributed by atoms with Crippen LogP contribution >= 0.6 is 0 Å². The van der Waals surface area contributed by atoms with Crippen LogP contribution in [-0.4, -0.2) is 6.54 Å². The molecular formula is C17H25F2N. The molecule has 0 heterocycles. The van der Waals surface area contributed by atoms with Gasteiger partial charge < -0.3 is 5.32 Å². The van der Waals surface area contributed by atoms with Gasteiger partial charge in [0.1, 0.15) is 11.6 Å². The van der Waals surface area contributed by atoms with Crippen LogP contribution in [0.25, 0.3) is 0 Å². The molecular weight excluding hydrogens is 256 g/mol. The highest BCUT2D eigenvalue weighted by molar-refractivity contribution is 5.29.